The second-order valence-electron chi connectivity index (χ2n) is 8.49. The molecule has 0 spiro atoms. The Hall–Kier alpha value is -0.160. The molecule has 5 fully saturated rings. The zero-order valence-electron chi connectivity index (χ0n) is 14.0. The van der Waals surface area contributed by atoms with E-state index in [1.165, 1.54) is 32.1 Å². The van der Waals surface area contributed by atoms with Crippen LogP contribution < -0.4 is 0 Å². The summed E-state index contributed by atoms with van der Waals surface area (Å²) in [5.74, 6) is 3.59. The predicted octanol–water partition coefficient (Wildman–Crippen LogP) is 1.44. The van der Waals surface area contributed by atoms with Gasteiger partial charge in [-0.15, -0.1) is 0 Å². The maximum Gasteiger partial charge on any atom is 0.0900 e. The van der Waals surface area contributed by atoms with Crippen molar-refractivity contribution in [2.24, 2.45) is 23.7 Å². The minimum absolute atomic E-state index is 0.319. The lowest BCUT2D eigenvalue weighted by Gasteiger charge is -2.54. The van der Waals surface area contributed by atoms with Crippen molar-refractivity contribution >= 4 is 0 Å². The first-order valence-electron chi connectivity index (χ1n) is 9.38. The van der Waals surface area contributed by atoms with Crippen LogP contribution in [0, 0.1) is 23.7 Å². The molecule has 0 radical (unpaired) electrons. The van der Waals surface area contributed by atoms with Crippen molar-refractivity contribution in [2.75, 3.05) is 46.4 Å². The maximum atomic E-state index is 10.3. The minimum Gasteiger partial charge on any atom is -0.389 e. The summed E-state index contributed by atoms with van der Waals surface area (Å²) >= 11 is 0. The summed E-state index contributed by atoms with van der Waals surface area (Å²) in [7, 11) is 2.17. The molecule has 1 N–H and O–H groups in total. The van der Waals surface area contributed by atoms with E-state index in [0.717, 1.165) is 56.4 Å². The van der Waals surface area contributed by atoms with Crippen molar-refractivity contribution in [1.82, 2.24) is 9.80 Å². The molecule has 0 aromatic carbocycles. The average Bonchev–Trinajstić information content (AvgIpc) is 2.48. The smallest absolute Gasteiger partial charge is 0.0900 e. The number of likely N-dealkylation sites (N-methyl/N-ethyl adjacent to an activating group) is 1. The molecule has 1 unspecified atom stereocenters. The fourth-order valence-corrected chi connectivity index (χ4v) is 5.75. The number of rotatable bonds is 5. The van der Waals surface area contributed by atoms with Crippen LogP contribution in [-0.2, 0) is 4.74 Å². The summed E-state index contributed by atoms with van der Waals surface area (Å²) in [6.45, 7) is 5.70. The van der Waals surface area contributed by atoms with Crippen LogP contribution in [0.25, 0.3) is 0 Å². The van der Waals surface area contributed by atoms with E-state index in [9.17, 15) is 5.11 Å². The van der Waals surface area contributed by atoms with Crippen molar-refractivity contribution < 1.29 is 9.84 Å². The Bertz CT molecular complexity index is 353. The molecule has 0 aromatic heterocycles. The van der Waals surface area contributed by atoms with Gasteiger partial charge in [-0.05, 0) is 62.8 Å². The largest absolute Gasteiger partial charge is 0.389 e. The van der Waals surface area contributed by atoms with E-state index in [4.69, 9.17) is 4.74 Å². The van der Waals surface area contributed by atoms with E-state index >= 15 is 0 Å². The molecule has 4 aliphatic carbocycles. The third-order valence-corrected chi connectivity index (χ3v) is 6.69. The van der Waals surface area contributed by atoms with Gasteiger partial charge < -0.3 is 14.7 Å². The Labute approximate surface area is 134 Å². The van der Waals surface area contributed by atoms with Crippen LogP contribution in [0.1, 0.15) is 32.1 Å². The highest BCUT2D eigenvalue weighted by atomic mass is 16.5. The highest BCUT2D eigenvalue weighted by Crippen LogP contribution is 2.54. The summed E-state index contributed by atoms with van der Waals surface area (Å²) in [6, 6.07) is 0. The molecule has 0 aromatic rings. The molecular weight excluding hydrogens is 276 g/mol. The Morgan fingerprint density at radius 1 is 0.955 bits per heavy atom. The molecule has 1 aliphatic heterocycles. The topological polar surface area (TPSA) is 35.9 Å². The van der Waals surface area contributed by atoms with Gasteiger partial charge in [0.25, 0.3) is 0 Å². The molecule has 126 valence electrons. The summed E-state index contributed by atoms with van der Waals surface area (Å²) in [6.07, 6.45) is 7.21. The molecule has 4 bridgehead atoms. The van der Waals surface area contributed by atoms with Gasteiger partial charge in [-0.2, -0.15) is 0 Å². The molecule has 4 heteroatoms. The van der Waals surface area contributed by atoms with Crippen LogP contribution in [0.3, 0.4) is 0 Å². The highest BCUT2D eigenvalue weighted by Gasteiger charge is 2.48. The summed E-state index contributed by atoms with van der Waals surface area (Å²) < 4.78 is 6.26. The zero-order chi connectivity index (χ0) is 15.1. The minimum atomic E-state index is -0.319. The van der Waals surface area contributed by atoms with E-state index in [0.29, 0.717) is 12.7 Å². The number of piperazine rings is 1. The highest BCUT2D eigenvalue weighted by molar-refractivity contribution is 4.99. The average molecular weight is 308 g/mol. The molecular formula is C18H32N2O2. The van der Waals surface area contributed by atoms with Crippen molar-refractivity contribution in [2.45, 2.75) is 44.3 Å². The van der Waals surface area contributed by atoms with E-state index in [1.807, 2.05) is 0 Å². The van der Waals surface area contributed by atoms with Crippen molar-refractivity contribution in [3.05, 3.63) is 0 Å². The van der Waals surface area contributed by atoms with Gasteiger partial charge in [-0.25, -0.2) is 0 Å². The third kappa shape index (κ3) is 3.21. The number of nitrogens with zero attached hydrogens (tertiary/aromatic N) is 2. The molecule has 1 saturated heterocycles. The molecule has 4 nitrogen and oxygen atoms in total. The summed E-state index contributed by atoms with van der Waals surface area (Å²) in [4.78, 5) is 4.73. The van der Waals surface area contributed by atoms with Crippen LogP contribution >= 0.6 is 0 Å². The fraction of sp³-hybridized carbons (Fsp3) is 1.00. The first-order chi connectivity index (χ1) is 10.7. The fourth-order valence-electron chi connectivity index (χ4n) is 5.75. The normalized spacial score (nSPS) is 43.6. The standard InChI is InChI=1S/C18H32N2O2/c1-19-2-4-20(5-3-19)11-17(21)12-22-18-15-7-13-6-14(9-15)10-16(18)8-13/h13-18,21H,2-12H2,1H3. The number of hydrogen-bond donors (Lipinski definition) is 1. The summed E-state index contributed by atoms with van der Waals surface area (Å²) in [5.41, 5.74) is 0. The van der Waals surface area contributed by atoms with Crippen LogP contribution in [0.5, 0.6) is 0 Å². The maximum absolute atomic E-state index is 10.3. The second-order valence-corrected chi connectivity index (χ2v) is 8.49. The number of β-amino-alcohol motifs (C(OH)–C–C–N with tert-alkyl or cyclic N) is 1. The Balaban J connectivity index is 1.23. The van der Waals surface area contributed by atoms with E-state index < -0.39 is 0 Å². The molecule has 1 heterocycles. The van der Waals surface area contributed by atoms with Gasteiger partial charge in [0.15, 0.2) is 0 Å². The zero-order valence-corrected chi connectivity index (χ0v) is 14.0. The first kappa shape index (κ1) is 15.4. The van der Waals surface area contributed by atoms with Gasteiger partial charge in [0.05, 0.1) is 18.8 Å². The van der Waals surface area contributed by atoms with E-state index in [1.54, 1.807) is 0 Å². The van der Waals surface area contributed by atoms with Gasteiger partial charge in [0.1, 0.15) is 0 Å². The van der Waals surface area contributed by atoms with Crippen LogP contribution in [-0.4, -0.2) is 73.5 Å². The molecule has 1 atom stereocenters. The number of aliphatic hydroxyl groups is 1. The van der Waals surface area contributed by atoms with Crippen molar-refractivity contribution in [3.8, 4) is 0 Å². The third-order valence-electron chi connectivity index (χ3n) is 6.69. The lowest BCUT2D eigenvalue weighted by molar-refractivity contribution is -0.141. The van der Waals surface area contributed by atoms with Gasteiger partial charge >= 0.3 is 0 Å². The Morgan fingerprint density at radius 3 is 2.14 bits per heavy atom. The second kappa shape index (κ2) is 6.39. The SMILES string of the molecule is CN1CCN(CC(O)COC2C3CC4CC(C3)CC2C4)CC1. The molecule has 0 amide bonds. The Kier molecular flexibility index (Phi) is 4.46. The number of aliphatic hydroxyl groups excluding tert-OH is 1. The number of ether oxygens (including phenoxy) is 1. The Morgan fingerprint density at radius 2 is 1.55 bits per heavy atom. The molecule has 22 heavy (non-hydrogen) atoms. The summed E-state index contributed by atoms with van der Waals surface area (Å²) in [5, 5.41) is 10.3. The van der Waals surface area contributed by atoms with Crippen molar-refractivity contribution in [1.29, 1.82) is 0 Å². The van der Waals surface area contributed by atoms with Crippen LogP contribution in [0.4, 0.5) is 0 Å². The van der Waals surface area contributed by atoms with Gasteiger partial charge in [0, 0.05) is 32.7 Å². The monoisotopic (exact) mass is 308 g/mol. The van der Waals surface area contributed by atoms with Crippen LogP contribution in [0.15, 0.2) is 0 Å². The van der Waals surface area contributed by atoms with E-state index in [-0.39, 0.29) is 6.10 Å². The van der Waals surface area contributed by atoms with Gasteiger partial charge in [-0.1, -0.05) is 0 Å². The lowest BCUT2D eigenvalue weighted by atomic mass is 9.55. The van der Waals surface area contributed by atoms with Crippen LogP contribution in [0.2, 0.25) is 0 Å². The molecule has 4 saturated carbocycles. The molecule has 5 aliphatic rings. The lowest BCUT2D eigenvalue weighted by Crippen LogP contribution is -2.51. The predicted molar refractivity (Wildman–Crippen MR) is 86.7 cm³/mol. The van der Waals surface area contributed by atoms with Crippen molar-refractivity contribution in [3.63, 3.8) is 0 Å². The quantitative estimate of drug-likeness (QED) is 0.834. The van der Waals surface area contributed by atoms with Gasteiger partial charge in [0.2, 0.25) is 0 Å². The van der Waals surface area contributed by atoms with Gasteiger partial charge in [-0.3, -0.25) is 4.90 Å². The molecule has 5 rings (SSSR count). The first-order valence-corrected chi connectivity index (χ1v) is 9.38. The number of hydrogen-bond acceptors (Lipinski definition) is 4. The van der Waals surface area contributed by atoms with E-state index in [2.05, 4.69) is 16.8 Å².